The molecule has 1 saturated carbocycles. The molecule has 0 amide bonds. The van der Waals surface area contributed by atoms with Crippen LogP contribution >= 0.6 is 0 Å². The highest BCUT2D eigenvalue weighted by molar-refractivity contribution is 7.89. The van der Waals surface area contributed by atoms with Crippen molar-refractivity contribution in [3.05, 3.63) is 89.0 Å². The Balaban J connectivity index is 0.00000200. The molecule has 0 spiro atoms. The average Bonchev–Trinajstić information content (AvgIpc) is 3.28. The lowest BCUT2D eigenvalue weighted by Crippen LogP contribution is -2.27. The van der Waals surface area contributed by atoms with E-state index in [1.54, 1.807) is 54.6 Å². The first-order valence-electron chi connectivity index (χ1n) is 11.5. The number of aryl methyl sites for hydroxylation is 2. The maximum Gasteiger partial charge on any atom is 0.339 e. The molecule has 38 heavy (non-hydrogen) atoms. The highest BCUT2D eigenvalue weighted by Gasteiger charge is 2.46. The molecule has 0 unspecified atom stereocenters. The Bertz CT molecular complexity index is 1560. The normalized spacial score (nSPS) is 16.5. The van der Waals surface area contributed by atoms with E-state index in [2.05, 4.69) is 15.4 Å². The number of hydrogen-bond donors (Lipinski definition) is 1. The Hall–Kier alpha value is -3.83. The molecule has 1 aliphatic rings. The van der Waals surface area contributed by atoms with E-state index in [1.165, 1.54) is 10.5 Å². The Morgan fingerprint density at radius 2 is 1.87 bits per heavy atom. The maximum absolute atomic E-state index is 13.1. The molecule has 0 radical (unpaired) electrons. The molecule has 5 rings (SSSR count). The van der Waals surface area contributed by atoms with Crippen LogP contribution in [-0.4, -0.2) is 55.6 Å². The van der Waals surface area contributed by atoms with Crippen molar-refractivity contribution in [2.75, 3.05) is 7.05 Å². The highest BCUT2D eigenvalue weighted by atomic mass is 32.2. The first-order chi connectivity index (χ1) is 17.2. The number of carboxylic acids is 1. The second-order valence-corrected chi connectivity index (χ2v) is 11.1. The van der Waals surface area contributed by atoms with Crippen molar-refractivity contribution in [2.24, 2.45) is 7.05 Å². The van der Waals surface area contributed by atoms with Gasteiger partial charge in [-0.3, -0.25) is 4.68 Å². The zero-order valence-electron chi connectivity index (χ0n) is 20.1. The van der Waals surface area contributed by atoms with Gasteiger partial charge >= 0.3 is 5.97 Å². The third-order valence-electron chi connectivity index (χ3n) is 6.52. The number of hydrogen-bond acceptors (Lipinski definition) is 6. The summed E-state index contributed by atoms with van der Waals surface area (Å²) in [6.07, 6.45) is 3.96. The van der Waals surface area contributed by atoms with Gasteiger partial charge in [-0.25, -0.2) is 17.9 Å². The fraction of sp³-hybridized carbons (Fsp3) is 0.333. The second kappa shape index (κ2) is 10.9. The summed E-state index contributed by atoms with van der Waals surface area (Å²) in [7, 11) is -0.340. The molecule has 1 aliphatic carbocycles. The van der Waals surface area contributed by atoms with E-state index in [4.69, 9.17) is 0 Å². The highest BCUT2D eigenvalue weighted by Crippen LogP contribution is 2.55. The topological polar surface area (TPSA) is 123 Å². The van der Waals surface area contributed by atoms with Crippen LogP contribution < -0.4 is 0 Å². The zero-order chi connectivity index (χ0) is 25.6. The van der Waals surface area contributed by atoms with Crippen LogP contribution in [-0.2, 0) is 23.6 Å². The predicted octanol–water partition coefficient (Wildman–Crippen LogP) is 4.37. The van der Waals surface area contributed by atoms with Gasteiger partial charge in [0.05, 0.1) is 28.2 Å². The van der Waals surface area contributed by atoms with E-state index >= 15 is 0 Å². The standard InChI is InChI=1S/C25H26N6O4S.2CH4/c1-16-7-4-5-10-23(16)36(34,35)30(3)14-17-8-6-9-18(11-17)31-24(21(13-26-31)25(32)33)20-12-19(20)22-15-29(2)28-27-22;;/h4-11,13,15,19-20H,12,14H2,1-3H3,(H,32,33);2*1H4/t19-,20-;;/m1../s1. The third kappa shape index (κ3) is 5.25. The van der Waals surface area contributed by atoms with Gasteiger partial charge in [0.2, 0.25) is 10.0 Å². The number of benzene rings is 2. The van der Waals surface area contributed by atoms with Gasteiger partial charge in [0.1, 0.15) is 5.56 Å². The van der Waals surface area contributed by atoms with Crippen molar-refractivity contribution in [3.8, 4) is 5.69 Å². The van der Waals surface area contributed by atoms with Gasteiger partial charge in [-0.2, -0.15) is 9.40 Å². The van der Waals surface area contributed by atoms with E-state index in [0.717, 1.165) is 17.7 Å². The molecule has 2 heterocycles. The molecule has 202 valence electrons. The Kier molecular flexibility index (Phi) is 8.23. The maximum atomic E-state index is 13.1. The fourth-order valence-corrected chi connectivity index (χ4v) is 5.97. The molecular weight excluding hydrogens is 504 g/mol. The zero-order valence-corrected chi connectivity index (χ0v) is 20.9. The van der Waals surface area contributed by atoms with E-state index in [0.29, 0.717) is 16.9 Å². The van der Waals surface area contributed by atoms with Crippen molar-refractivity contribution in [2.45, 2.75) is 51.5 Å². The summed E-state index contributed by atoms with van der Waals surface area (Å²) < 4.78 is 30.9. The van der Waals surface area contributed by atoms with Crippen molar-refractivity contribution in [1.29, 1.82) is 0 Å². The summed E-state index contributed by atoms with van der Waals surface area (Å²) in [4.78, 5) is 12.2. The van der Waals surface area contributed by atoms with Gasteiger partial charge < -0.3 is 5.11 Å². The second-order valence-electron chi connectivity index (χ2n) is 9.12. The van der Waals surface area contributed by atoms with Gasteiger partial charge in [0.25, 0.3) is 0 Å². The summed E-state index contributed by atoms with van der Waals surface area (Å²) >= 11 is 0. The first kappa shape index (κ1) is 28.7. The van der Waals surface area contributed by atoms with Crippen LogP contribution in [0.4, 0.5) is 0 Å². The number of aromatic nitrogens is 5. The lowest BCUT2D eigenvalue weighted by atomic mass is 10.1. The molecule has 11 heteroatoms. The van der Waals surface area contributed by atoms with Gasteiger partial charge in [-0.15, -0.1) is 5.10 Å². The molecule has 0 bridgehead atoms. The number of aromatic carboxylic acids is 1. The number of carbonyl (C=O) groups is 1. The molecule has 2 aromatic carbocycles. The summed E-state index contributed by atoms with van der Waals surface area (Å²) in [5.74, 6) is -1.02. The van der Waals surface area contributed by atoms with Crippen LogP contribution in [0.15, 0.2) is 65.8 Å². The average molecular weight is 539 g/mol. The van der Waals surface area contributed by atoms with Gasteiger partial charge in [0, 0.05) is 38.7 Å². The minimum atomic E-state index is -3.68. The van der Waals surface area contributed by atoms with Crippen LogP contribution in [0.2, 0.25) is 0 Å². The van der Waals surface area contributed by atoms with Crippen LogP contribution in [0.25, 0.3) is 5.69 Å². The van der Waals surface area contributed by atoms with Crippen molar-refractivity contribution in [3.63, 3.8) is 0 Å². The van der Waals surface area contributed by atoms with E-state index in [-0.39, 0.29) is 43.7 Å². The lowest BCUT2D eigenvalue weighted by Gasteiger charge is -2.19. The van der Waals surface area contributed by atoms with Crippen LogP contribution in [0, 0.1) is 6.92 Å². The number of nitrogens with zero attached hydrogens (tertiary/aromatic N) is 6. The number of rotatable bonds is 8. The number of carboxylic acid groups (broad SMARTS) is 1. The predicted molar refractivity (Wildman–Crippen MR) is 145 cm³/mol. The molecule has 10 nitrogen and oxygen atoms in total. The lowest BCUT2D eigenvalue weighted by molar-refractivity contribution is 0.0695. The summed E-state index contributed by atoms with van der Waals surface area (Å²) in [6, 6.07) is 14.2. The van der Waals surface area contributed by atoms with E-state index < -0.39 is 16.0 Å². The Morgan fingerprint density at radius 1 is 1.13 bits per heavy atom. The quantitative estimate of drug-likeness (QED) is 0.353. The van der Waals surface area contributed by atoms with E-state index in [9.17, 15) is 18.3 Å². The van der Waals surface area contributed by atoms with Crippen LogP contribution in [0.5, 0.6) is 0 Å². The smallest absolute Gasteiger partial charge is 0.339 e. The molecule has 2 atom stereocenters. The van der Waals surface area contributed by atoms with Gasteiger partial charge in [-0.1, -0.05) is 50.4 Å². The fourth-order valence-electron chi connectivity index (χ4n) is 4.59. The summed E-state index contributed by atoms with van der Waals surface area (Å²) in [5.41, 5.74) is 3.69. The Morgan fingerprint density at radius 3 is 2.53 bits per heavy atom. The molecule has 2 aromatic heterocycles. The molecule has 0 saturated heterocycles. The van der Waals surface area contributed by atoms with Crippen LogP contribution in [0.1, 0.15) is 66.0 Å². The summed E-state index contributed by atoms with van der Waals surface area (Å²) in [6.45, 7) is 1.92. The summed E-state index contributed by atoms with van der Waals surface area (Å²) in [5, 5.41) is 22.4. The SMILES string of the molecule is C.C.Cc1ccccc1S(=O)(=O)N(C)Cc1cccc(-n2ncc(C(=O)O)c2[C@@H]2C[C@H]2c2cn(C)nn2)c1. The monoisotopic (exact) mass is 538 g/mol. The molecule has 1 N–H and O–H groups in total. The molecule has 0 aliphatic heterocycles. The number of sulfonamides is 1. The minimum absolute atomic E-state index is 0. The Labute approximate surface area is 223 Å². The first-order valence-corrected chi connectivity index (χ1v) is 12.9. The van der Waals surface area contributed by atoms with Gasteiger partial charge in [-0.05, 0) is 42.7 Å². The molecular formula is C27H34N6O4S. The van der Waals surface area contributed by atoms with Crippen molar-refractivity contribution < 1.29 is 18.3 Å². The van der Waals surface area contributed by atoms with Crippen LogP contribution in [0.3, 0.4) is 0 Å². The van der Waals surface area contributed by atoms with Crippen molar-refractivity contribution in [1.82, 2.24) is 29.1 Å². The minimum Gasteiger partial charge on any atom is -0.478 e. The third-order valence-corrected chi connectivity index (χ3v) is 8.48. The van der Waals surface area contributed by atoms with E-state index in [1.807, 2.05) is 30.5 Å². The van der Waals surface area contributed by atoms with Crippen molar-refractivity contribution >= 4 is 16.0 Å². The molecule has 1 fully saturated rings. The van der Waals surface area contributed by atoms with Gasteiger partial charge in [0.15, 0.2) is 0 Å². The molecule has 4 aromatic rings. The largest absolute Gasteiger partial charge is 0.478 e.